The van der Waals surface area contributed by atoms with Crippen LogP contribution in [0.2, 0.25) is 0 Å². The lowest BCUT2D eigenvalue weighted by Gasteiger charge is -2.04. The molecule has 0 spiro atoms. The first-order valence-electron chi connectivity index (χ1n) is 7.52. The van der Waals surface area contributed by atoms with Crippen LogP contribution in [0.25, 0.3) is 0 Å². The van der Waals surface area contributed by atoms with E-state index in [1.807, 2.05) is 0 Å². The van der Waals surface area contributed by atoms with Crippen molar-refractivity contribution >= 4 is 28.9 Å². The fourth-order valence-corrected chi connectivity index (χ4v) is 1.97. The number of carboxylic acid groups (broad SMARTS) is 1. The lowest BCUT2D eigenvalue weighted by atomic mass is 10.2. The van der Waals surface area contributed by atoms with Crippen LogP contribution >= 0.6 is 0 Å². The van der Waals surface area contributed by atoms with Gasteiger partial charge in [-0.15, -0.1) is 0 Å². The number of aromatic hydroxyl groups is 1. The number of carbonyl (C=O) groups is 2. The lowest BCUT2D eigenvalue weighted by molar-refractivity contribution is -0.136. The summed E-state index contributed by atoms with van der Waals surface area (Å²) in [5.74, 6) is -1.19. The second-order valence-corrected chi connectivity index (χ2v) is 5.10. The summed E-state index contributed by atoms with van der Waals surface area (Å²) in [5, 5.41) is 31.6. The highest BCUT2D eigenvalue weighted by Crippen LogP contribution is 2.28. The van der Waals surface area contributed by atoms with Crippen LogP contribution in [0.1, 0.15) is 16.8 Å². The number of carbonyl (C=O) groups excluding carboxylic acids is 1. The third-order valence-electron chi connectivity index (χ3n) is 3.28. The molecule has 0 unspecified atom stereocenters. The number of nitrogens with zero attached hydrogens (tertiary/aromatic N) is 2. The lowest BCUT2D eigenvalue weighted by Crippen LogP contribution is -2.25. The van der Waals surface area contributed by atoms with E-state index < -0.39 is 5.97 Å². The zero-order chi connectivity index (χ0) is 18.2. The SMILES string of the molecule is CNc1cc(/N=N/c2ccc(C(=O)NCCC(=O)O)cc2)ccc1O. The summed E-state index contributed by atoms with van der Waals surface area (Å²) in [4.78, 5) is 22.2. The number of nitrogens with one attached hydrogen (secondary N) is 2. The number of hydrogen-bond donors (Lipinski definition) is 4. The van der Waals surface area contributed by atoms with Crippen molar-refractivity contribution in [3.05, 3.63) is 48.0 Å². The van der Waals surface area contributed by atoms with Gasteiger partial charge >= 0.3 is 5.97 Å². The molecular weight excluding hydrogens is 324 g/mol. The summed E-state index contributed by atoms with van der Waals surface area (Å²) in [6.45, 7) is 0.0737. The molecule has 0 fully saturated rings. The summed E-state index contributed by atoms with van der Waals surface area (Å²) in [6.07, 6.45) is -0.126. The molecule has 4 N–H and O–H groups in total. The van der Waals surface area contributed by atoms with Gasteiger partial charge in [0.05, 0.1) is 23.5 Å². The Balaban J connectivity index is 2.00. The van der Waals surface area contributed by atoms with Crippen LogP contribution < -0.4 is 10.6 Å². The summed E-state index contributed by atoms with van der Waals surface area (Å²) < 4.78 is 0. The Morgan fingerprint density at radius 1 is 1.04 bits per heavy atom. The molecule has 0 saturated carbocycles. The molecule has 0 saturated heterocycles. The zero-order valence-electron chi connectivity index (χ0n) is 13.6. The van der Waals surface area contributed by atoms with E-state index in [2.05, 4.69) is 20.9 Å². The van der Waals surface area contributed by atoms with Gasteiger partial charge in [0.1, 0.15) is 5.75 Å². The van der Waals surface area contributed by atoms with E-state index >= 15 is 0 Å². The van der Waals surface area contributed by atoms with Crippen LogP contribution in [-0.2, 0) is 4.79 Å². The quantitative estimate of drug-likeness (QED) is 0.455. The van der Waals surface area contributed by atoms with E-state index in [1.165, 1.54) is 6.07 Å². The summed E-state index contributed by atoms with van der Waals surface area (Å²) in [6, 6.07) is 11.2. The zero-order valence-corrected chi connectivity index (χ0v) is 13.6. The highest BCUT2D eigenvalue weighted by molar-refractivity contribution is 5.94. The second-order valence-electron chi connectivity index (χ2n) is 5.10. The number of anilines is 1. The number of carboxylic acids is 1. The molecule has 0 bridgehead atoms. The Labute approximate surface area is 144 Å². The van der Waals surface area contributed by atoms with Gasteiger partial charge in [0.25, 0.3) is 5.91 Å². The molecule has 0 radical (unpaired) electrons. The largest absolute Gasteiger partial charge is 0.506 e. The number of rotatable bonds is 7. The molecule has 25 heavy (non-hydrogen) atoms. The van der Waals surface area contributed by atoms with Crippen LogP contribution in [-0.4, -0.2) is 35.7 Å². The van der Waals surface area contributed by atoms with Crippen molar-refractivity contribution in [1.82, 2.24) is 5.32 Å². The van der Waals surface area contributed by atoms with Crippen molar-refractivity contribution < 1.29 is 19.8 Å². The van der Waals surface area contributed by atoms with Crippen LogP contribution in [0.4, 0.5) is 17.1 Å². The maximum absolute atomic E-state index is 11.8. The fraction of sp³-hybridized carbons (Fsp3) is 0.176. The Bertz CT molecular complexity index is 788. The van der Waals surface area contributed by atoms with Crippen LogP contribution in [0.3, 0.4) is 0 Å². The number of benzene rings is 2. The molecule has 8 nitrogen and oxygen atoms in total. The van der Waals surface area contributed by atoms with E-state index in [4.69, 9.17) is 5.11 Å². The number of amides is 1. The molecule has 2 aromatic rings. The Kier molecular flexibility index (Phi) is 6.05. The van der Waals surface area contributed by atoms with Crippen molar-refractivity contribution in [2.75, 3.05) is 18.9 Å². The first-order valence-corrected chi connectivity index (χ1v) is 7.52. The first-order chi connectivity index (χ1) is 12.0. The molecule has 130 valence electrons. The molecule has 2 rings (SSSR count). The number of phenolic OH excluding ortho intramolecular Hbond substituents is 1. The minimum absolute atomic E-state index is 0.0737. The van der Waals surface area contributed by atoms with E-state index in [1.54, 1.807) is 43.4 Å². The van der Waals surface area contributed by atoms with Gasteiger partial charge in [-0.3, -0.25) is 9.59 Å². The van der Waals surface area contributed by atoms with Crippen molar-refractivity contribution in [3.8, 4) is 5.75 Å². The average molecular weight is 342 g/mol. The van der Waals surface area contributed by atoms with E-state index in [0.29, 0.717) is 22.6 Å². The highest BCUT2D eigenvalue weighted by atomic mass is 16.4. The van der Waals surface area contributed by atoms with Crippen LogP contribution in [0.15, 0.2) is 52.7 Å². The van der Waals surface area contributed by atoms with Gasteiger partial charge in [-0.1, -0.05) is 0 Å². The van der Waals surface area contributed by atoms with Gasteiger partial charge in [-0.25, -0.2) is 0 Å². The van der Waals surface area contributed by atoms with Gasteiger partial charge in [0.15, 0.2) is 0 Å². The molecule has 0 aliphatic heterocycles. The minimum Gasteiger partial charge on any atom is -0.506 e. The summed E-state index contributed by atoms with van der Waals surface area (Å²) >= 11 is 0. The number of hydrogen-bond acceptors (Lipinski definition) is 6. The van der Waals surface area contributed by atoms with Gasteiger partial charge in [0, 0.05) is 19.2 Å². The van der Waals surface area contributed by atoms with Gasteiger partial charge < -0.3 is 20.8 Å². The number of phenols is 1. The predicted molar refractivity (Wildman–Crippen MR) is 92.9 cm³/mol. The van der Waals surface area contributed by atoms with Gasteiger partial charge in [-0.05, 0) is 42.5 Å². The third kappa shape index (κ3) is 5.31. The van der Waals surface area contributed by atoms with Crippen LogP contribution in [0.5, 0.6) is 5.75 Å². The first kappa shape index (κ1) is 17.9. The Morgan fingerprint density at radius 3 is 2.32 bits per heavy atom. The van der Waals surface area contributed by atoms with E-state index in [0.717, 1.165) is 0 Å². The van der Waals surface area contributed by atoms with E-state index in [9.17, 15) is 14.7 Å². The second kappa shape index (κ2) is 8.44. The normalized spacial score (nSPS) is 10.6. The predicted octanol–water partition coefficient (Wildman–Crippen LogP) is 3.05. The molecule has 0 atom stereocenters. The third-order valence-corrected chi connectivity index (χ3v) is 3.28. The summed E-state index contributed by atoms with van der Waals surface area (Å²) in [7, 11) is 1.69. The number of aliphatic carboxylic acids is 1. The van der Waals surface area contributed by atoms with Gasteiger partial charge in [-0.2, -0.15) is 10.2 Å². The Morgan fingerprint density at radius 2 is 1.68 bits per heavy atom. The number of azo groups is 1. The van der Waals surface area contributed by atoms with Crippen molar-refractivity contribution in [2.24, 2.45) is 10.2 Å². The van der Waals surface area contributed by atoms with E-state index in [-0.39, 0.29) is 24.6 Å². The standard InChI is InChI=1S/C17H18N4O4/c1-18-14-10-13(6-7-15(14)22)21-20-12-4-2-11(3-5-12)17(25)19-9-8-16(23)24/h2-7,10,18,22H,8-9H2,1H3,(H,19,25)(H,23,24)/b21-20+. The van der Waals surface area contributed by atoms with Crippen molar-refractivity contribution in [3.63, 3.8) is 0 Å². The minimum atomic E-state index is -0.966. The molecule has 8 heteroatoms. The molecule has 0 heterocycles. The molecule has 0 aliphatic rings. The average Bonchev–Trinajstić information content (AvgIpc) is 2.61. The Hall–Kier alpha value is -3.42. The molecule has 0 aromatic heterocycles. The fourth-order valence-electron chi connectivity index (χ4n) is 1.97. The molecular formula is C17H18N4O4. The smallest absolute Gasteiger partial charge is 0.305 e. The van der Waals surface area contributed by atoms with Crippen molar-refractivity contribution in [2.45, 2.75) is 6.42 Å². The maximum Gasteiger partial charge on any atom is 0.305 e. The molecule has 1 amide bonds. The molecule has 2 aromatic carbocycles. The van der Waals surface area contributed by atoms with Crippen LogP contribution in [0, 0.1) is 0 Å². The van der Waals surface area contributed by atoms with Crippen molar-refractivity contribution in [1.29, 1.82) is 0 Å². The molecule has 0 aliphatic carbocycles. The topological polar surface area (TPSA) is 123 Å². The van der Waals surface area contributed by atoms with Gasteiger partial charge in [0.2, 0.25) is 0 Å². The monoisotopic (exact) mass is 342 g/mol. The summed E-state index contributed by atoms with van der Waals surface area (Å²) in [5.41, 5.74) is 2.08. The highest BCUT2D eigenvalue weighted by Gasteiger charge is 2.06. The maximum atomic E-state index is 11.8.